The van der Waals surface area contributed by atoms with Gasteiger partial charge in [0.2, 0.25) is 0 Å². The van der Waals surface area contributed by atoms with Crippen LogP contribution in [-0.2, 0) is 13.0 Å². The van der Waals surface area contributed by atoms with Gasteiger partial charge in [0.05, 0.1) is 11.0 Å². The van der Waals surface area contributed by atoms with E-state index in [0.29, 0.717) is 12.4 Å². The first-order chi connectivity index (χ1) is 10.2. The summed E-state index contributed by atoms with van der Waals surface area (Å²) < 4.78 is 5.63. The van der Waals surface area contributed by atoms with Crippen molar-refractivity contribution in [2.75, 3.05) is 19.7 Å². The van der Waals surface area contributed by atoms with Gasteiger partial charge in [0.15, 0.2) is 0 Å². The van der Waals surface area contributed by atoms with Crippen molar-refractivity contribution in [1.29, 1.82) is 0 Å². The number of nitro groups is 1. The van der Waals surface area contributed by atoms with E-state index in [4.69, 9.17) is 4.74 Å². The summed E-state index contributed by atoms with van der Waals surface area (Å²) in [4.78, 5) is 14.1. The highest BCUT2D eigenvalue weighted by atomic mass is 32.1. The van der Waals surface area contributed by atoms with Crippen molar-refractivity contribution in [3.63, 3.8) is 0 Å². The number of rotatable bonds is 5. The summed E-state index contributed by atoms with van der Waals surface area (Å²) in [6.45, 7) is 3.39. The van der Waals surface area contributed by atoms with Crippen LogP contribution in [0.5, 0.6) is 5.75 Å². The average Bonchev–Trinajstić information content (AvgIpc) is 2.95. The van der Waals surface area contributed by atoms with Gasteiger partial charge >= 0.3 is 0 Å². The van der Waals surface area contributed by atoms with Crippen LogP contribution in [0.1, 0.15) is 10.4 Å². The molecule has 0 bridgehead atoms. The van der Waals surface area contributed by atoms with Gasteiger partial charge in [-0.15, -0.1) is 11.3 Å². The number of benzene rings is 1. The third kappa shape index (κ3) is 3.40. The van der Waals surface area contributed by atoms with E-state index in [9.17, 15) is 10.1 Å². The maximum absolute atomic E-state index is 10.7. The smallest absolute Gasteiger partial charge is 0.273 e. The van der Waals surface area contributed by atoms with Crippen molar-refractivity contribution in [3.05, 3.63) is 56.3 Å². The number of nitrogens with zero attached hydrogens (tertiary/aromatic N) is 2. The molecule has 0 fully saturated rings. The molecular weight excluding hydrogens is 288 g/mol. The molecule has 0 atom stereocenters. The van der Waals surface area contributed by atoms with Crippen molar-refractivity contribution in [2.24, 2.45) is 0 Å². The fraction of sp³-hybridized carbons (Fsp3) is 0.333. The van der Waals surface area contributed by atoms with Crippen LogP contribution < -0.4 is 4.74 Å². The Labute approximate surface area is 126 Å². The number of hydrogen-bond donors (Lipinski definition) is 0. The Bertz CT molecular complexity index is 641. The number of fused-ring (bicyclic) bond motifs is 1. The monoisotopic (exact) mass is 304 g/mol. The first-order valence-corrected chi connectivity index (χ1v) is 7.75. The summed E-state index contributed by atoms with van der Waals surface area (Å²) in [6.07, 6.45) is 1.10. The number of ether oxygens (including phenoxy) is 1. The fourth-order valence-corrected chi connectivity index (χ4v) is 3.37. The van der Waals surface area contributed by atoms with Crippen LogP contribution in [0.15, 0.2) is 35.7 Å². The Kier molecular flexibility index (Phi) is 4.17. The van der Waals surface area contributed by atoms with E-state index in [1.54, 1.807) is 12.1 Å². The summed E-state index contributed by atoms with van der Waals surface area (Å²) in [7, 11) is 0. The minimum Gasteiger partial charge on any atom is -0.492 e. The molecule has 3 rings (SSSR count). The van der Waals surface area contributed by atoms with E-state index in [1.165, 1.54) is 22.6 Å². The van der Waals surface area contributed by atoms with E-state index in [0.717, 1.165) is 26.1 Å². The molecule has 0 radical (unpaired) electrons. The zero-order valence-corrected chi connectivity index (χ0v) is 12.3. The molecule has 110 valence electrons. The summed E-state index contributed by atoms with van der Waals surface area (Å²) in [5.41, 5.74) is 1.48. The van der Waals surface area contributed by atoms with E-state index in [2.05, 4.69) is 16.3 Å². The van der Waals surface area contributed by atoms with E-state index in [1.807, 2.05) is 11.3 Å². The first kappa shape index (κ1) is 14.0. The van der Waals surface area contributed by atoms with Crippen molar-refractivity contribution in [2.45, 2.75) is 13.0 Å². The highest BCUT2D eigenvalue weighted by Crippen LogP contribution is 2.24. The van der Waals surface area contributed by atoms with Gasteiger partial charge in [0.25, 0.3) is 5.69 Å². The van der Waals surface area contributed by atoms with Crippen LogP contribution >= 0.6 is 11.3 Å². The van der Waals surface area contributed by atoms with Crippen LogP contribution in [0, 0.1) is 10.1 Å². The van der Waals surface area contributed by atoms with Gasteiger partial charge in [0, 0.05) is 30.6 Å². The SMILES string of the molecule is O=[N+]([O-])c1cccc(OCCN2CCc3sccc3C2)c1. The third-order valence-electron chi connectivity index (χ3n) is 3.59. The number of non-ortho nitro benzene ring substituents is 1. The largest absolute Gasteiger partial charge is 0.492 e. The molecule has 2 aromatic rings. The zero-order chi connectivity index (χ0) is 14.7. The Morgan fingerprint density at radius 2 is 2.29 bits per heavy atom. The minimum atomic E-state index is -0.407. The molecule has 0 spiro atoms. The van der Waals surface area contributed by atoms with Crippen molar-refractivity contribution >= 4 is 17.0 Å². The summed E-state index contributed by atoms with van der Waals surface area (Å²) >= 11 is 1.83. The topological polar surface area (TPSA) is 55.6 Å². The lowest BCUT2D eigenvalue weighted by Crippen LogP contribution is -2.33. The summed E-state index contributed by atoms with van der Waals surface area (Å²) in [5.74, 6) is 0.553. The second-order valence-electron chi connectivity index (χ2n) is 5.00. The Hall–Kier alpha value is -1.92. The Morgan fingerprint density at radius 3 is 3.14 bits per heavy atom. The van der Waals surface area contributed by atoms with Gasteiger partial charge in [0.1, 0.15) is 12.4 Å². The maximum atomic E-state index is 10.7. The molecule has 0 N–H and O–H groups in total. The molecule has 21 heavy (non-hydrogen) atoms. The third-order valence-corrected chi connectivity index (χ3v) is 4.61. The normalized spacial score (nSPS) is 14.7. The van der Waals surface area contributed by atoms with Crippen molar-refractivity contribution in [1.82, 2.24) is 4.90 Å². The number of hydrogen-bond acceptors (Lipinski definition) is 5. The van der Waals surface area contributed by atoms with Gasteiger partial charge in [-0.05, 0) is 29.5 Å². The summed E-state index contributed by atoms with van der Waals surface area (Å²) in [5, 5.41) is 12.9. The number of thiophene rings is 1. The van der Waals surface area contributed by atoms with Gasteiger partial charge < -0.3 is 4.74 Å². The van der Waals surface area contributed by atoms with Crippen LogP contribution in [0.4, 0.5) is 5.69 Å². The molecule has 0 saturated carbocycles. The molecule has 5 nitrogen and oxygen atoms in total. The predicted molar refractivity (Wildman–Crippen MR) is 81.9 cm³/mol. The molecule has 1 aromatic heterocycles. The van der Waals surface area contributed by atoms with Crippen LogP contribution in [0.3, 0.4) is 0 Å². The molecule has 2 heterocycles. The van der Waals surface area contributed by atoms with Crippen LogP contribution in [0.2, 0.25) is 0 Å². The molecule has 0 unspecified atom stereocenters. The molecule has 1 aliphatic rings. The lowest BCUT2D eigenvalue weighted by molar-refractivity contribution is -0.384. The lowest BCUT2D eigenvalue weighted by atomic mass is 10.1. The van der Waals surface area contributed by atoms with Gasteiger partial charge in [-0.25, -0.2) is 0 Å². The quantitative estimate of drug-likeness (QED) is 0.629. The van der Waals surface area contributed by atoms with Gasteiger partial charge in [-0.3, -0.25) is 15.0 Å². The molecule has 6 heteroatoms. The second kappa shape index (κ2) is 6.24. The zero-order valence-electron chi connectivity index (χ0n) is 11.5. The predicted octanol–water partition coefficient (Wildman–Crippen LogP) is 3.09. The van der Waals surface area contributed by atoms with Gasteiger partial charge in [-0.1, -0.05) is 6.07 Å². The van der Waals surface area contributed by atoms with E-state index in [-0.39, 0.29) is 5.69 Å². The number of nitro benzene ring substituents is 1. The standard InChI is InChI=1S/C15H16N2O3S/c18-17(19)13-2-1-3-14(10-13)20-8-7-16-6-4-15-12(11-16)5-9-21-15/h1-3,5,9-10H,4,6-8,11H2. The van der Waals surface area contributed by atoms with Gasteiger partial charge in [-0.2, -0.15) is 0 Å². The lowest BCUT2D eigenvalue weighted by Gasteiger charge is -2.26. The van der Waals surface area contributed by atoms with Crippen LogP contribution in [0.25, 0.3) is 0 Å². The molecular formula is C15H16N2O3S. The van der Waals surface area contributed by atoms with E-state index < -0.39 is 4.92 Å². The van der Waals surface area contributed by atoms with E-state index >= 15 is 0 Å². The molecule has 0 amide bonds. The van der Waals surface area contributed by atoms with Crippen molar-refractivity contribution in [3.8, 4) is 5.75 Å². The average molecular weight is 304 g/mol. The molecule has 0 aliphatic carbocycles. The highest BCUT2D eigenvalue weighted by molar-refractivity contribution is 7.10. The molecule has 1 aliphatic heterocycles. The molecule has 1 aromatic carbocycles. The fourth-order valence-electron chi connectivity index (χ4n) is 2.48. The van der Waals surface area contributed by atoms with Crippen molar-refractivity contribution < 1.29 is 9.66 Å². The Morgan fingerprint density at radius 1 is 1.38 bits per heavy atom. The minimum absolute atomic E-state index is 0.0633. The summed E-state index contributed by atoms with van der Waals surface area (Å²) in [6, 6.07) is 8.52. The second-order valence-corrected chi connectivity index (χ2v) is 6.00. The maximum Gasteiger partial charge on any atom is 0.273 e. The first-order valence-electron chi connectivity index (χ1n) is 6.87. The highest BCUT2D eigenvalue weighted by Gasteiger charge is 2.16. The van der Waals surface area contributed by atoms with Crippen LogP contribution in [-0.4, -0.2) is 29.5 Å². The Balaban J connectivity index is 1.51. The molecule has 0 saturated heterocycles.